The number of hydrogen-bond acceptors (Lipinski definition) is 7. The summed E-state index contributed by atoms with van der Waals surface area (Å²) in [5.41, 5.74) is -1.15. The highest BCUT2D eigenvalue weighted by Gasteiger charge is 2.21. The molecule has 2 aromatic rings. The van der Waals surface area contributed by atoms with Crippen molar-refractivity contribution in [3.05, 3.63) is 62.9 Å². The van der Waals surface area contributed by atoms with Crippen LogP contribution in [0, 0.1) is 15.9 Å². The smallest absolute Gasteiger partial charge is 0.338 e. The lowest BCUT2D eigenvalue weighted by atomic mass is 10.2. The number of nitro groups is 1. The SMILES string of the molecule is CNS(=O)(=O)c1cc(C(=O)OCC(=O)Nc2ccc(F)cc2[N+](=O)[O-])ccc1Cl. The van der Waals surface area contributed by atoms with Gasteiger partial charge < -0.3 is 10.1 Å². The first kappa shape index (κ1) is 22.2. The molecule has 0 aliphatic rings. The van der Waals surface area contributed by atoms with Crippen LogP contribution in [0.5, 0.6) is 0 Å². The summed E-state index contributed by atoms with van der Waals surface area (Å²) in [5.74, 6) is -2.82. The zero-order valence-electron chi connectivity index (χ0n) is 14.6. The second kappa shape index (κ2) is 8.94. The number of carbonyl (C=O) groups is 2. The van der Waals surface area contributed by atoms with Crippen LogP contribution in [-0.4, -0.2) is 38.9 Å². The van der Waals surface area contributed by atoms with Crippen LogP contribution in [0.15, 0.2) is 41.3 Å². The van der Waals surface area contributed by atoms with E-state index in [0.29, 0.717) is 6.07 Å². The lowest BCUT2D eigenvalue weighted by molar-refractivity contribution is -0.384. The quantitative estimate of drug-likeness (QED) is 0.377. The number of nitrogens with one attached hydrogen (secondary N) is 2. The molecule has 0 atom stereocenters. The molecular weight excluding hydrogens is 433 g/mol. The second-order valence-corrected chi connectivity index (χ2v) is 7.66. The minimum Gasteiger partial charge on any atom is -0.452 e. The Labute approximate surface area is 168 Å². The Hall–Kier alpha value is -3.09. The van der Waals surface area contributed by atoms with Gasteiger partial charge in [0.1, 0.15) is 16.4 Å². The minimum atomic E-state index is -3.94. The molecule has 154 valence electrons. The van der Waals surface area contributed by atoms with Gasteiger partial charge in [-0.3, -0.25) is 14.9 Å². The monoisotopic (exact) mass is 445 g/mol. The summed E-state index contributed by atoms with van der Waals surface area (Å²) in [6.07, 6.45) is 0. The van der Waals surface area contributed by atoms with Gasteiger partial charge in [0.15, 0.2) is 6.61 Å². The first-order valence-electron chi connectivity index (χ1n) is 7.69. The van der Waals surface area contributed by atoms with Gasteiger partial charge in [0.05, 0.1) is 21.6 Å². The van der Waals surface area contributed by atoms with Crippen LogP contribution in [0.2, 0.25) is 5.02 Å². The molecule has 2 rings (SSSR count). The summed E-state index contributed by atoms with van der Waals surface area (Å²) >= 11 is 5.82. The number of halogens is 2. The fourth-order valence-corrected chi connectivity index (χ4v) is 3.36. The van der Waals surface area contributed by atoms with Crippen molar-refractivity contribution in [1.82, 2.24) is 4.72 Å². The van der Waals surface area contributed by atoms with Crippen molar-refractivity contribution >= 4 is 44.9 Å². The summed E-state index contributed by atoms with van der Waals surface area (Å²) in [6.45, 7) is -0.829. The molecule has 0 saturated carbocycles. The van der Waals surface area contributed by atoms with E-state index >= 15 is 0 Å². The van der Waals surface area contributed by atoms with Gasteiger partial charge >= 0.3 is 5.97 Å². The maximum Gasteiger partial charge on any atom is 0.338 e. The number of carbonyl (C=O) groups excluding carboxylic acids is 2. The first-order chi connectivity index (χ1) is 13.5. The molecule has 0 aliphatic heterocycles. The van der Waals surface area contributed by atoms with E-state index in [4.69, 9.17) is 16.3 Å². The molecule has 1 amide bonds. The number of benzene rings is 2. The molecule has 2 N–H and O–H groups in total. The number of rotatable bonds is 7. The highest BCUT2D eigenvalue weighted by atomic mass is 35.5. The number of nitro benzene ring substituents is 1. The predicted octanol–water partition coefficient (Wildman–Crippen LogP) is 2.09. The standard InChI is InChI=1S/C16H13ClFN3O7S/c1-19-29(26,27)14-6-9(2-4-11(14)17)16(23)28-8-15(22)20-12-5-3-10(18)7-13(12)21(24)25/h2-7,19H,8H2,1H3,(H,20,22). The third kappa shape index (κ3) is 5.47. The lowest BCUT2D eigenvalue weighted by Gasteiger charge is -2.09. The molecule has 0 bridgehead atoms. The zero-order valence-corrected chi connectivity index (χ0v) is 16.2. The van der Waals surface area contributed by atoms with Crippen molar-refractivity contribution in [3.63, 3.8) is 0 Å². The molecule has 13 heteroatoms. The third-order valence-electron chi connectivity index (χ3n) is 3.49. The van der Waals surface area contributed by atoms with E-state index in [1.807, 2.05) is 0 Å². The summed E-state index contributed by atoms with van der Waals surface area (Å²) in [4.78, 5) is 33.6. The van der Waals surface area contributed by atoms with Crippen molar-refractivity contribution in [3.8, 4) is 0 Å². The summed E-state index contributed by atoms with van der Waals surface area (Å²) in [6, 6.07) is 5.86. The number of ether oxygens (including phenoxy) is 1. The Balaban J connectivity index is 2.09. The van der Waals surface area contributed by atoms with Crippen LogP contribution >= 0.6 is 11.6 Å². The number of hydrogen-bond donors (Lipinski definition) is 2. The Morgan fingerprint density at radius 2 is 1.93 bits per heavy atom. The van der Waals surface area contributed by atoms with Gasteiger partial charge in [-0.2, -0.15) is 0 Å². The molecule has 0 saturated heterocycles. The normalized spacial score (nSPS) is 11.0. The molecule has 2 aromatic carbocycles. The Morgan fingerprint density at radius 3 is 2.55 bits per heavy atom. The Morgan fingerprint density at radius 1 is 1.24 bits per heavy atom. The number of amides is 1. The van der Waals surface area contributed by atoms with Gasteiger partial charge in [-0.1, -0.05) is 11.6 Å². The fraction of sp³-hybridized carbons (Fsp3) is 0.125. The van der Waals surface area contributed by atoms with Crippen LogP contribution in [0.1, 0.15) is 10.4 Å². The fourth-order valence-electron chi connectivity index (χ4n) is 2.11. The van der Waals surface area contributed by atoms with E-state index < -0.39 is 44.9 Å². The van der Waals surface area contributed by atoms with Crippen LogP contribution in [0.3, 0.4) is 0 Å². The van der Waals surface area contributed by atoms with Crippen molar-refractivity contribution in [1.29, 1.82) is 0 Å². The lowest BCUT2D eigenvalue weighted by Crippen LogP contribution is -2.22. The van der Waals surface area contributed by atoms with Gasteiger partial charge in [-0.15, -0.1) is 0 Å². The average Bonchev–Trinajstić information content (AvgIpc) is 2.67. The van der Waals surface area contributed by atoms with E-state index in [1.165, 1.54) is 12.1 Å². The second-order valence-electron chi connectivity index (χ2n) is 5.40. The van der Waals surface area contributed by atoms with Crippen molar-refractivity contribution in [2.45, 2.75) is 4.90 Å². The van der Waals surface area contributed by atoms with Gasteiger partial charge in [-0.05, 0) is 37.4 Å². The van der Waals surface area contributed by atoms with Gasteiger partial charge in [0.2, 0.25) is 10.0 Å². The Bertz CT molecular complexity index is 1090. The molecule has 10 nitrogen and oxygen atoms in total. The van der Waals surface area contributed by atoms with Crippen molar-refractivity contribution in [2.24, 2.45) is 0 Å². The topological polar surface area (TPSA) is 145 Å². The largest absolute Gasteiger partial charge is 0.452 e. The maximum absolute atomic E-state index is 13.1. The number of esters is 1. The highest BCUT2D eigenvalue weighted by Crippen LogP contribution is 2.25. The molecule has 0 unspecified atom stereocenters. The summed E-state index contributed by atoms with van der Waals surface area (Å²) in [5, 5.41) is 12.9. The molecule has 0 aliphatic carbocycles. The Kier molecular flexibility index (Phi) is 6.84. The number of sulfonamides is 1. The average molecular weight is 446 g/mol. The van der Waals surface area contributed by atoms with Crippen LogP contribution in [0.25, 0.3) is 0 Å². The van der Waals surface area contributed by atoms with Crippen molar-refractivity contribution < 1.29 is 32.1 Å². The first-order valence-corrected chi connectivity index (χ1v) is 9.55. The van der Waals surface area contributed by atoms with Crippen LogP contribution in [-0.2, 0) is 19.6 Å². The zero-order chi connectivity index (χ0) is 21.8. The molecule has 0 spiro atoms. The van der Waals surface area contributed by atoms with Gasteiger partial charge in [0, 0.05) is 0 Å². The van der Waals surface area contributed by atoms with Crippen LogP contribution < -0.4 is 10.0 Å². The highest BCUT2D eigenvalue weighted by molar-refractivity contribution is 7.89. The number of anilines is 1. The van der Waals surface area contributed by atoms with E-state index in [1.54, 1.807) is 0 Å². The van der Waals surface area contributed by atoms with Gasteiger partial charge in [-0.25, -0.2) is 22.3 Å². The van der Waals surface area contributed by atoms with E-state index in [9.17, 15) is 32.5 Å². The molecule has 0 heterocycles. The minimum absolute atomic E-state index is 0.128. The van der Waals surface area contributed by atoms with Crippen LogP contribution in [0.4, 0.5) is 15.8 Å². The number of nitrogens with zero attached hydrogens (tertiary/aromatic N) is 1. The molecule has 0 aromatic heterocycles. The molecular formula is C16H13ClFN3O7S. The third-order valence-corrected chi connectivity index (χ3v) is 5.39. The van der Waals surface area contributed by atoms with E-state index in [2.05, 4.69) is 10.0 Å². The summed E-state index contributed by atoms with van der Waals surface area (Å²) in [7, 11) is -2.77. The van der Waals surface area contributed by atoms with Gasteiger partial charge in [0.25, 0.3) is 11.6 Å². The molecule has 29 heavy (non-hydrogen) atoms. The molecule has 0 radical (unpaired) electrons. The van der Waals surface area contributed by atoms with E-state index in [0.717, 1.165) is 25.2 Å². The predicted molar refractivity (Wildman–Crippen MR) is 99.7 cm³/mol. The maximum atomic E-state index is 13.1. The van der Waals surface area contributed by atoms with E-state index in [-0.39, 0.29) is 21.2 Å². The van der Waals surface area contributed by atoms with Crippen molar-refractivity contribution in [2.75, 3.05) is 19.0 Å². The summed E-state index contributed by atoms with van der Waals surface area (Å²) < 4.78 is 43.7. The molecule has 0 fully saturated rings.